The van der Waals surface area contributed by atoms with Crippen molar-refractivity contribution in [3.8, 4) is 0 Å². The Labute approximate surface area is 137 Å². The van der Waals surface area contributed by atoms with Crippen molar-refractivity contribution in [3.05, 3.63) is 5.21 Å². The zero-order chi connectivity index (χ0) is 16.3. The minimum atomic E-state index is 0.137. The third kappa shape index (κ3) is 17.4. The molecule has 0 unspecified atom stereocenters. The van der Waals surface area contributed by atoms with Crippen molar-refractivity contribution in [2.24, 2.45) is 0 Å². The lowest BCUT2D eigenvalue weighted by molar-refractivity contribution is -0.588. The van der Waals surface area contributed by atoms with Crippen LogP contribution in [0.15, 0.2) is 0 Å². The zero-order valence-corrected chi connectivity index (χ0v) is 14.7. The lowest BCUT2D eigenvalue weighted by Gasteiger charge is -2.05. The fourth-order valence-electron chi connectivity index (χ4n) is 2.63. The quantitative estimate of drug-likeness (QED) is 0.318. The molecule has 0 bridgehead atoms. The number of nitrogens with two attached hydrogens (primary N) is 1. The second-order valence-corrected chi connectivity index (χ2v) is 6.30. The lowest BCUT2D eigenvalue weighted by Crippen LogP contribution is -2.77. The first-order chi connectivity index (χ1) is 10.8. The number of amides is 1. The summed E-state index contributed by atoms with van der Waals surface area (Å²) in [6, 6.07) is 0. The van der Waals surface area contributed by atoms with E-state index in [-0.39, 0.29) is 5.91 Å². The van der Waals surface area contributed by atoms with Gasteiger partial charge in [-0.15, -0.1) is 0 Å². The second kappa shape index (κ2) is 18.4. The summed E-state index contributed by atoms with van der Waals surface area (Å²) in [5, 5.41) is 13.0. The number of hydroxylamine groups is 1. The maximum atomic E-state index is 11.5. The van der Waals surface area contributed by atoms with Crippen LogP contribution in [0, 0.1) is 5.21 Å². The molecule has 4 heteroatoms. The SMILES string of the molecule is CCCCCCCCCCCCCCC(=O)NCCC[NH2+][O-]. The van der Waals surface area contributed by atoms with E-state index in [0.717, 1.165) is 24.7 Å². The molecule has 0 heterocycles. The van der Waals surface area contributed by atoms with Gasteiger partial charge in [0.15, 0.2) is 0 Å². The normalized spacial score (nSPS) is 10.8. The Morgan fingerprint density at radius 3 is 1.82 bits per heavy atom. The van der Waals surface area contributed by atoms with E-state index in [1.807, 2.05) is 0 Å². The topological polar surface area (TPSA) is 68.8 Å². The third-order valence-corrected chi connectivity index (χ3v) is 4.08. The molecule has 4 nitrogen and oxygen atoms in total. The van der Waals surface area contributed by atoms with Gasteiger partial charge in [-0.2, -0.15) is 0 Å². The van der Waals surface area contributed by atoms with Crippen molar-refractivity contribution in [1.29, 1.82) is 0 Å². The van der Waals surface area contributed by atoms with E-state index in [1.54, 1.807) is 0 Å². The molecule has 0 aromatic carbocycles. The highest BCUT2D eigenvalue weighted by atomic mass is 16.5. The van der Waals surface area contributed by atoms with E-state index in [1.165, 1.54) is 64.2 Å². The first kappa shape index (κ1) is 21.4. The first-order valence-electron chi connectivity index (χ1n) is 9.51. The summed E-state index contributed by atoms with van der Waals surface area (Å²) in [4.78, 5) is 11.5. The standard InChI is InChI=1S/C18H38N2O2/c1-2-3-4-5-6-7-8-9-10-11-12-13-15-18(21)19-16-14-17-20-22/h2-17,20H2,1H3,(H,19,21). The van der Waals surface area contributed by atoms with Crippen molar-refractivity contribution in [2.45, 2.75) is 96.8 Å². The van der Waals surface area contributed by atoms with Crippen molar-refractivity contribution >= 4 is 5.91 Å². The van der Waals surface area contributed by atoms with Gasteiger partial charge in [-0.3, -0.25) is 4.79 Å². The van der Waals surface area contributed by atoms with Gasteiger partial charge in [0.1, 0.15) is 0 Å². The number of unbranched alkanes of at least 4 members (excludes halogenated alkanes) is 11. The lowest BCUT2D eigenvalue weighted by atomic mass is 10.0. The van der Waals surface area contributed by atoms with Crippen LogP contribution in [0.25, 0.3) is 0 Å². The molecule has 0 aliphatic rings. The molecule has 1 amide bonds. The minimum Gasteiger partial charge on any atom is -0.636 e. The molecular formula is C18H38N2O2. The van der Waals surface area contributed by atoms with Gasteiger partial charge in [0.25, 0.3) is 0 Å². The van der Waals surface area contributed by atoms with E-state index >= 15 is 0 Å². The smallest absolute Gasteiger partial charge is 0.219 e. The van der Waals surface area contributed by atoms with Gasteiger partial charge in [-0.05, 0) is 6.42 Å². The fourth-order valence-corrected chi connectivity index (χ4v) is 2.63. The highest BCUT2D eigenvalue weighted by Gasteiger charge is 2.00. The van der Waals surface area contributed by atoms with E-state index in [9.17, 15) is 10.0 Å². The average Bonchev–Trinajstić information content (AvgIpc) is 2.52. The molecular weight excluding hydrogens is 276 g/mol. The Hall–Kier alpha value is -0.610. The van der Waals surface area contributed by atoms with E-state index < -0.39 is 0 Å². The van der Waals surface area contributed by atoms with E-state index in [2.05, 4.69) is 12.2 Å². The van der Waals surface area contributed by atoms with Crippen LogP contribution in [0.5, 0.6) is 0 Å². The minimum absolute atomic E-state index is 0.137. The largest absolute Gasteiger partial charge is 0.636 e. The monoisotopic (exact) mass is 314 g/mol. The molecule has 22 heavy (non-hydrogen) atoms. The number of quaternary nitrogens is 1. The molecule has 0 atom stereocenters. The van der Waals surface area contributed by atoms with Crippen LogP contribution in [-0.4, -0.2) is 19.0 Å². The van der Waals surface area contributed by atoms with Crippen molar-refractivity contribution in [1.82, 2.24) is 5.32 Å². The Balaban J connectivity index is 3.08. The Kier molecular flexibility index (Phi) is 17.9. The Morgan fingerprint density at radius 1 is 0.818 bits per heavy atom. The van der Waals surface area contributed by atoms with Crippen LogP contribution in [0.1, 0.15) is 96.8 Å². The van der Waals surface area contributed by atoms with Crippen LogP contribution in [0.4, 0.5) is 0 Å². The summed E-state index contributed by atoms with van der Waals surface area (Å²) in [5.74, 6) is 0.137. The summed E-state index contributed by atoms with van der Waals surface area (Å²) in [5.41, 5.74) is 0.900. The van der Waals surface area contributed by atoms with Gasteiger partial charge in [0.2, 0.25) is 5.91 Å². The summed E-state index contributed by atoms with van der Waals surface area (Å²) in [6.45, 7) is 3.44. The molecule has 0 saturated carbocycles. The molecule has 0 aliphatic heterocycles. The number of hydrogen-bond acceptors (Lipinski definition) is 2. The van der Waals surface area contributed by atoms with Crippen molar-refractivity contribution < 1.29 is 10.3 Å². The van der Waals surface area contributed by atoms with Crippen LogP contribution in [-0.2, 0) is 4.79 Å². The summed E-state index contributed by atoms with van der Waals surface area (Å²) in [7, 11) is 0. The van der Waals surface area contributed by atoms with Crippen LogP contribution >= 0.6 is 0 Å². The maximum Gasteiger partial charge on any atom is 0.219 e. The molecule has 0 aromatic heterocycles. The Bertz CT molecular complexity index is 235. The van der Waals surface area contributed by atoms with Crippen LogP contribution in [0.2, 0.25) is 0 Å². The zero-order valence-electron chi connectivity index (χ0n) is 14.7. The van der Waals surface area contributed by atoms with Gasteiger partial charge in [0.05, 0.1) is 6.54 Å². The number of carbonyl (C=O) groups excluding carboxylic acids is 1. The predicted molar refractivity (Wildman–Crippen MR) is 93.5 cm³/mol. The summed E-state index contributed by atoms with van der Waals surface area (Å²) >= 11 is 0. The molecule has 0 aliphatic carbocycles. The predicted octanol–water partition coefficient (Wildman–Crippen LogP) is 3.65. The number of nitrogens with one attached hydrogen (secondary N) is 1. The second-order valence-electron chi connectivity index (χ2n) is 6.30. The fraction of sp³-hybridized carbons (Fsp3) is 0.944. The molecule has 132 valence electrons. The van der Waals surface area contributed by atoms with Crippen LogP contribution < -0.4 is 10.8 Å². The van der Waals surface area contributed by atoms with E-state index in [0.29, 0.717) is 19.5 Å². The highest BCUT2D eigenvalue weighted by Crippen LogP contribution is 2.12. The summed E-state index contributed by atoms with van der Waals surface area (Å²) < 4.78 is 0. The van der Waals surface area contributed by atoms with Gasteiger partial charge in [0, 0.05) is 19.4 Å². The molecule has 0 radical (unpaired) electrons. The van der Waals surface area contributed by atoms with Gasteiger partial charge in [-0.25, -0.2) is 0 Å². The van der Waals surface area contributed by atoms with Crippen molar-refractivity contribution in [3.63, 3.8) is 0 Å². The molecule has 0 saturated heterocycles. The van der Waals surface area contributed by atoms with Crippen LogP contribution in [0.3, 0.4) is 0 Å². The maximum absolute atomic E-state index is 11.5. The molecule has 0 fully saturated rings. The Morgan fingerprint density at radius 2 is 1.32 bits per heavy atom. The summed E-state index contributed by atoms with van der Waals surface area (Å²) in [6.07, 6.45) is 17.2. The molecule has 3 N–H and O–H groups in total. The highest BCUT2D eigenvalue weighted by molar-refractivity contribution is 5.75. The van der Waals surface area contributed by atoms with Gasteiger partial charge in [-0.1, -0.05) is 77.6 Å². The molecule has 0 aromatic rings. The number of rotatable bonds is 17. The number of hydrogen-bond donors (Lipinski definition) is 2. The molecule has 0 spiro atoms. The van der Waals surface area contributed by atoms with Gasteiger partial charge < -0.3 is 16.0 Å². The van der Waals surface area contributed by atoms with Gasteiger partial charge >= 0.3 is 0 Å². The molecule has 0 rings (SSSR count). The average molecular weight is 315 g/mol. The first-order valence-corrected chi connectivity index (χ1v) is 9.51. The number of carbonyl (C=O) groups is 1. The van der Waals surface area contributed by atoms with Crippen molar-refractivity contribution in [2.75, 3.05) is 13.1 Å². The van der Waals surface area contributed by atoms with E-state index in [4.69, 9.17) is 0 Å². The third-order valence-electron chi connectivity index (χ3n) is 4.08.